The van der Waals surface area contributed by atoms with Crippen LogP contribution < -0.4 is 15.4 Å². The van der Waals surface area contributed by atoms with Crippen LogP contribution in [0.3, 0.4) is 0 Å². The molecule has 0 saturated carbocycles. The number of nitrogens with zero attached hydrogens (tertiary/aromatic N) is 1. The van der Waals surface area contributed by atoms with Crippen LogP contribution in [0.5, 0.6) is 5.75 Å². The largest absolute Gasteiger partial charge is 0.492 e. The second kappa shape index (κ2) is 10.1. The van der Waals surface area contributed by atoms with Crippen LogP contribution in [0.2, 0.25) is 0 Å². The summed E-state index contributed by atoms with van der Waals surface area (Å²) in [5.41, 5.74) is 0. The van der Waals surface area contributed by atoms with Gasteiger partial charge in [0.05, 0.1) is 12.6 Å². The van der Waals surface area contributed by atoms with Gasteiger partial charge in [0.25, 0.3) is 0 Å². The van der Waals surface area contributed by atoms with Crippen molar-refractivity contribution in [3.63, 3.8) is 0 Å². The summed E-state index contributed by atoms with van der Waals surface area (Å²) in [6.07, 6.45) is 0.801. The van der Waals surface area contributed by atoms with Gasteiger partial charge < -0.3 is 20.3 Å². The molecule has 2 N–H and O–H groups in total. The van der Waals surface area contributed by atoms with Crippen molar-refractivity contribution in [1.82, 2.24) is 15.5 Å². The minimum atomic E-state index is -0.0893. The van der Waals surface area contributed by atoms with Crippen molar-refractivity contribution < 1.29 is 14.3 Å². The molecular formula is C16H24ClN3O3. The maximum atomic E-state index is 11.9. The first-order valence-electron chi connectivity index (χ1n) is 7.58. The zero-order valence-corrected chi connectivity index (χ0v) is 14.1. The summed E-state index contributed by atoms with van der Waals surface area (Å²) in [5, 5.41) is 5.83. The second-order valence-electron chi connectivity index (χ2n) is 5.32. The lowest BCUT2D eigenvalue weighted by atomic mass is 10.2. The third-order valence-corrected chi connectivity index (χ3v) is 3.55. The number of ether oxygens (including phenoxy) is 1. The monoisotopic (exact) mass is 341 g/mol. The Balaban J connectivity index is 0.00000264. The number of rotatable bonds is 8. The van der Waals surface area contributed by atoms with E-state index in [0.29, 0.717) is 39.1 Å². The summed E-state index contributed by atoms with van der Waals surface area (Å²) in [5.74, 6) is 0.844. The van der Waals surface area contributed by atoms with Gasteiger partial charge in [0, 0.05) is 25.9 Å². The molecule has 1 aromatic rings. The lowest BCUT2D eigenvalue weighted by Gasteiger charge is -2.17. The Hall–Kier alpha value is -1.79. The van der Waals surface area contributed by atoms with Gasteiger partial charge in [-0.2, -0.15) is 0 Å². The minimum Gasteiger partial charge on any atom is -0.492 e. The Labute approximate surface area is 143 Å². The fourth-order valence-corrected chi connectivity index (χ4v) is 2.41. The summed E-state index contributed by atoms with van der Waals surface area (Å²) in [7, 11) is 1.81. The van der Waals surface area contributed by atoms with Crippen LogP contribution in [0.25, 0.3) is 0 Å². The molecule has 2 rings (SSSR count). The van der Waals surface area contributed by atoms with Crippen LogP contribution in [-0.2, 0) is 9.59 Å². The molecule has 1 unspecified atom stereocenters. The molecule has 23 heavy (non-hydrogen) atoms. The van der Waals surface area contributed by atoms with Gasteiger partial charge in [0.2, 0.25) is 11.8 Å². The summed E-state index contributed by atoms with van der Waals surface area (Å²) in [6, 6.07) is 9.43. The molecule has 1 aliphatic rings. The number of hydrogen-bond acceptors (Lipinski definition) is 4. The Morgan fingerprint density at radius 2 is 2.09 bits per heavy atom. The molecule has 128 valence electrons. The maximum Gasteiger partial charge on any atom is 0.224 e. The van der Waals surface area contributed by atoms with Gasteiger partial charge in [-0.15, -0.1) is 12.4 Å². The highest BCUT2D eigenvalue weighted by atomic mass is 35.5. The van der Waals surface area contributed by atoms with Gasteiger partial charge in [-0.1, -0.05) is 18.2 Å². The number of benzene rings is 1. The number of halogens is 1. The molecule has 0 bridgehead atoms. The van der Waals surface area contributed by atoms with Crippen LogP contribution in [0.4, 0.5) is 0 Å². The molecule has 1 saturated heterocycles. The van der Waals surface area contributed by atoms with E-state index < -0.39 is 0 Å². The molecular weight excluding hydrogens is 318 g/mol. The van der Waals surface area contributed by atoms with E-state index >= 15 is 0 Å². The number of hydrogen-bond donors (Lipinski definition) is 2. The smallest absolute Gasteiger partial charge is 0.224 e. The molecule has 2 amide bonds. The average molecular weight is 342 g/mol. The predicted octanol–water partition coefficient (Wildman–Crippen LogP) is 0.814. The van der Waals surface area contributed by atoms with Gasteiger partial charge in [-0.25, -0.2) is 0 Å². The summed E-state index contributed by atoms with van der Waals surface area (Å²) in [6.45, 7) is 2.19. The van der Waals surface area contributed by atoms with E-state index in [0.717, 1.165) is 5.75 Å². The number of para-hydroxylation sites is 1. The SMILES string of the molecule is CNCCC(=O)NC1CC(=O)N(CCOc2ccccc2)C1.Cl. The zero-order chi connectivity index (χ0) is 15.8. The molecule has 1 aromatic carbocycles. The molecule has 6 nitrogen and oxygen atoms in total. The van der Waals surface area contributed by atoms with E-state index in [9.17, 15) is 9.59 Å². The van der Waals surface area contributed by atoms with Gasteiger partial charge in [-0.05, 0) is 19.2 Å². The van der Waals surface area contributed by atoms with Crippen molar-refractivity contribution in [2.45, 2.75) is 18.9 Å². The highest BCUT2D eigenvalue weighted by molar-refractivity contribution is 5.85. The van der Waals surface area contributed by atoms with E-state index in [1.165, 1.54) is 0 Å². The first-order valence-corrected chi connectivity index (χ1v) is 7.58. The third-order valence-electron chi connectivity index (χ3n) is 3.55. The first kappa shape index (κ1) is 19.3. The van der Waals surface area contributed by atoms with Crippen molar-refractivity contribution in [2.75, 3.05) is 33.3 Å². The molecule has 7 heteroatoms. The van der Waals surface area contributed by atoms with Gasteiger partial charge >= 0.3 is 0 Å². The minimum absolute atomic E-state index is 0. The molecule has 0 spiro atoms. The van der Waals surface area contributed by atoms with Crippen LogP contribution >= 0.6 is 12.4 Å². The molecule has 0 radical (unpaired) electrons. The maximum absolute atomic E-state index is 11.9. The first-order chi connectivity index (χ1) is 10.7. The Bertz CT molecular complexity index is 499. The van der Waals surface area contributed by atoms with E-state index in [1.54, 1.807) is 11.9 Å². The topological polar surface area (TPSA) is 70.7 Å². The summed E-state index contributed by atoms with van der Waals surface area (Å²) < 4.78 is 5.60. The Morgan fingerprint density at radius 1 is 1.35 bits per heavy atom. The van der Waals surface area contributed by atoms with Crippen LogP contribution in [0, 0.1) is 0 Å². The second-order valence-corrected chi connectivity index (χ2v) is 5.32. The number of likely N-dealkylation sites (tertiary alicyclic amines) is 1. The predicted molar refractivity (Wildman–Crippen MR) is 90.9 cm³/mol. The van der Waals surface area contributed by atoms with Crippen molar-refractivity contribution in [2.24, 2.45) is 0 Å². The standard InChI is InChI=1S/C16H23N3O3.ClH/c1-17-8-7-15(20)18-13-11-16(21)19(12-13)9-10-22-14-5-3-2-4-6-14;/h2-6,13,17H,7-12H2,1H3,(H,18,20);1H. The molecule has 0 aliphatic carbocycles. The van der Waals surface area contributed by atoms with Crippen molar-refractivity contribution in [3.05, 3.63) is 30.3 Å². The molecule has 1 fully saturated rings. The molecule has 1 heterocycles. The number of amides is 2. The lowest BCUT2D eigenvalue weighted by Crippen LogP contribution is -2.38. The van der Waals surface area contributed by atoms with Gasteiger partial charge in [0.1, 0.15) is 12.4 Å². The fourth-order valence-electron chi connectivity index (χ4n) is 2.41. The summed E-state index contributed by atoms with van der Waals surface area (Å²) >= 11 is 0. The van der Waals surface area contributed by atoms with Crippen molar-refractivity contribution in [3.8, 4) is 5.75 Å². The average Bonchev–Trinajstić information content (AvgIpc) is 2.86. The van der Waals surface area contributed by atoms with Crippen molar-refractivity contribution in [1.29, 1.82) is 0 Å². The fraction of sp³-hybridized carbons (Fsp3) is 0.500. The third kappa shape index (κ3) is 6.46. The number of carbonyl (C=O) groups is 2. The highest BCUT2D eigenvalue weighted by Gasteiger charge is 2.30. The van der Waals surface area contributed by atoms with E-state index in [-0.39, 0.29) is 30.3 Å². The van der Waals surface area contributed by atoms with Crippen LogP contribution in [0.1, 0.15) is 12.8 Å². The number of carbonyl (C=O) groups excluding carboxylic acids is 2. The normalized spacial score (nSPS) is 16.8. The molecule has 0 aromatic heterocycles. The lowest BCUT2D eigenvalue weighted by molar-refractivity contribution is -0.128. The van der Waals surface area contributed by atoms with E-state index in [4.69, 9.17) is 4.74 Å². The quantitative estimate of drug-likeness (QED) is 0.734. The van der Waals surface area contributed by atoms with Crippen molar-refractivity contribution >= 4 is 24.2 Å². The Morgan fingerprint density at radius 3 is 2.78 bits per heavy atom. The van der Waals surface area contributed by atoms with Crippen LogP contribution in [0.15, 0.2) is 30.3 Å². The van der Waals surface area contributed by atoms with E-state index in [1.807, 2.05) is 30.3 Å². The molecule has 1 atom stereocenters. The number of nitrogens with one attached hydrogen (secondary N) is 2. The van der Waals surface area contributed by atoms with Gasteiger partial charge in [-0.3, -0.25) is 9.59 Å². The highest BCUT2D eigenvalue weighted by Crippen LogP contribution is 2.12. The van der Waals surface area contributed by atoms with E-state index in [2.05, 4.69) is 10.6 Å². The summed E-state index contributed by atoms with van der Waals surface area (Å²) in [4.78, 5) is 25.3. The molecule has 1 aliphatic heterocycles. The Kier molecular flexibility index (Phi) is 8.43. The van der Waals surface area contributed by atoms with Gasteiger partial charge in [0.15, 0.2) is 0 Å². The van der Waals surface area contributed by atoms with Crippen LogP contribution in [-0.4, -0.2) is 56.0 Å². The zero-order valence-electron chi connectivity index (χ0n) is 13.3.